The maximum absolute atomic E-state index is 13.2. The van der Waals surface area contributed by atoms with Crippen LogP contribution in [0, 0.1) is 6.92 Å². The summed E-state index contributed by atoms with van der Waals surface area (Å²) in [7, 11) is -2.24. The lowest BCUT2D eigenvalue weighted by Crippen LogP contribution is -2.40. The number of alkyl halides is 3. The second-order valence-electron chi connectivity index (χ2n) is 10.5. The minimum Gasteiger partial charge on any atom is -0.379 e. The van der Waals surface area contributed by atoms with E-state index in [0.29, 0.717) is 36.0 Å². The Bertz CT molecular complexity index is 1900. The third-order valence-corrected chi connectivity index (χ3v) is 9.10. The number of aromatic nitrogens is 2. The highest BCUT2D eigenvalue weighted by molar-refractivity contribution is 7.89. The van der Waals surface area contributed by atoms with E-state index < -0.39 is 33.7 Å². The first kappa shape index (κ1) is 33.3. The summed E-state index contributed by atoms with van der Waals surface area (Å²) < 4.78 is 72.0. The van der Waals surface area contributed by atoms with Crippen LogP contribution in [0.25, 0.3) is 0 Å². The highest BCUT2D eigenvalue weighted by Gasteiger charge is 2.31. The second kappa shape index (κ2) is 13.7. The van der Waals surface area contributed by atoms with Crippen molar-refractivity contribution in [3.05, 3.63) is 95.8 Å². The number of nitrogens with zero attached hydrogens (tertiary/aromatic N) is 4. The first-order valence-corrected chi connectivity index (χ1v) is 15.7. The number of morpholine rings is 1. The van der Waals surface area contributed by atoms with Gasteiger partial charge in [0.15, 0.2) is 0 Å². The number of aryl methyl sites for hydroxylation is 1. The van der Waals surface area contributed by atoms with Crippen molar-refractivity contribution < 1.29 is 35.9 Å². The number of halogens is 3. The van der Waals surface area contributed by atoms with Crippen molar-refractivity contribution in [1.82, 2.24) is 14.3 Å². The molecule has 47 heavy (non-hydrogen) atoms. The fourth-order valence-electron chi connectivity index (χ4n) is 4.59. The molecule has 4 aromatic rings. The van der Waals surface area contributed by atoms with Crippen molar-refractivity contribution >= 4 is 50.7 Å². The van der Waals surface area contributed by atoms with Crippen molar-refractivity contribution in [2.24, 2.45) is 0 Å². The van der Waals surface area contributed by atoms with E-state index in [1.165, 1.54) is 52.9 Å². The monoisotopic (exact) mass is 669 g/mol. The Morgan fingerprint density at radius 3 is 2.40 bits per heavy atom. The fraction of sp³-hybridized carbons (Fsp3) is 0.226. The van der Waals surface area contributed by atoms with E-state index in [9.17, 15) is 31.2 Å². The van der Waals surface area contributed by atoms with Crippen LogP contribution in [-0.4, -0.2) is 68.0 Å². The molecule has 1 aliphatic rings. The molecule has 246 valence electrons. The van der Waals surface area contributed by atoms with Gasteiger partial charge in [-0.05, 0) is 61.0 Å². The molecular formula is C31H30F3N7O5S. The van der Waals surface area contributed by atoms with Crippen LogP contribution in [0.3, 0.4) is 0 Å². The molecule has 3 N–H and O–H groups in total. The van der Waals surface area contributed by atoms with Gasteiger partial charge in [0.05, 0.1) is 23.7 Å². The Labute approximate surface area is 268 Å². The summed E-state index contributed by atoms with van der Waals surface area (Å²) in [6, 6.07) is 15.9. The molecule has 0 aliphatic carbocycles. The molecule has 3 amide bonds. The number of carbonyl (C=O) groups excluding carboxylic acids is 2. The molecule has 5 rings (SSSR count). The number of hydrogen-bond acceptors (Lipinski definition) is 8. The van der Waals surface area contributed by atoms with Crippen molar-refractivity contribution in [1.29, 1.82) is 0 Å². The zero-order chi connectivity index (χ0) is 33.8. The summed E-state index contributed by atoms with van der Waals surface area (Å²) in [6.07, 6.45) is -3.35. The van der Waals surface area contributed by atoms with Crippen LogP contribution >= 0.6 is 0 Å². The van der Waals surface area contributed by atoms with Crippen molar-refractivity contribution in [2.75, 3.05) is 54.2 Å². The first-order chi connectivity index (χ1) is 22.3. The van der Waals surface area contributed by atoms with Crippen LogP contribution in [-0.2, 0) is 20.9 Å². The molecule has 0 bridgehead atoms. The molecule has 1 aromatic heterocycles. The average Bonchev–Trinajstić information content (AvgIpc) is 3.06. The minimum absolute atomic E-state index is 0.110. The van der Waals surface area contributed by atoms with Gasteiger partial charge in [-0.2, -0.15) is 17.5 Å². The average molecular weight is 670 g/mol. The highest BCUT2D eigenvalue weighted by atomic mass is 32.2. The standard InChI is InChI=1S/C31H30F3N7O5S/c1-20-9-10-24(38-29(42)21-5-3-6-22(15-21)31(32,33)34)17-26(20)39-30(43)40(2)28-18-27(35-19-36-28)37-23-7-4-8-25(16-23)47(44,45)41-11-13-46-14-12-41/h3-10,15-19H,11-14H2,1-2H3,(H,38,42)(H,39,43)(H,35,36,37). The van der Waals surface area contributed by atoms with Gasteiger partial charge in [-0.1, -0.05) is 18.2 Å². The smallest absolute Gasteiger partial charge is 0.379 e. The topological polar surface area (TPSA) is 146 Å². The Morgan fingerprint density at radius 2 is 1.66 bits per heavy atom. The van der Waals surface area contributed by atoms with Gasteiger partial charge in [-0.15, -0.1) is 0 Å². The lowest BCUT2D eigenvalue weighted by atomic mass is 10.1. The Hall–Kier alpha value is -5.06. The summed E-state index contributed by atoms with van der Waals surface area (Å²) in [5, 5.41) is 8.34. The Kier molecular flexibility index (Phi) is 9.74. The molecule has 16 heteroatoms. The van der Waals surface area contributed by atoms with E-state index in [2.05, 4.69) is 25.9 Å². The van der Waals surface area contributed by atoms with Gasteiger partial charge in [-0.3, -0.25) is 9.69 Å². The summed E-state index contributed by atoms with van der Waals surface area (Å²) in [5.41, 5.74) is 0.580. The summed E-state index contributed by atoms with van der Waals surface area (Å²) >= 11 is 0. The number of hydrogen-bond donors (Lipinski definition) is 3. The maximum atomic E-state index is 13.2. The Balaban J connectivity index is 1.26. The number of amides is 3. The lowest BCUT2D eigenvalue weighted by molar-refractivity contribution is -0.137. The molecule has 0 saturated carbocycles. The number of ether oxygens (including phenoxy) is 1. The largest absolute Gasteiger partial charge is 0.416 e. The van der Waals surface area contributed by atoms with Crippen molar-refractivity contribution in [3.8, 4) is 0 Å². The number of anilines is 5. The molecule has 3 aromatic carbocycles. The van der Waals surface area contributed by atoms with Crippen LogP contribution in [0.5, 0.6) is 0 Å². The van der Waals surface area contributed by atoms with Crippen LogP contribution in [0.1, 0.15) is 21.5 Å². The van der Waals surface area contributed by atoms with Gasteiger partial charge >= 0.3 is 12.2 Å². The van der Waals surface area contributed by atoms with E-state index >= 15 is 0 Å². The number of sulfonamides is 1. The molecule has 0 radical (unpaired) electrons. The van der Waals surface area contributed by atoms with Crippen LogP contribution in [0.4, 0.5) is 46.7 Å². The van der Waals surface area contributed by atoms with Gasteiger partial charge in [0.25, 0.3) is 5.91 Å². The van der Waals surface area contributed by atoms with E-state index in [0.717, 1.165) is 18.2 Å². The SMILES string of the molecule is Cc1ccc(NC(=O)c2cccc(C(F)(F)F)c2)cc1NC(=O)N(C)c1cc(Nc2cccc(S(=O)(=O)N3CCOCC3)c2)ncn1. The summed E-state index contributed by atoms with van der Waals surface area (Å²) in [6.45, 7) is 2.91. The first-order valence-electron chi connectivity index (χ1n) is 14.2. The van der Waals surface area contributed by atoms with Gasteiger partial charge in [0.1, 0.15) is 18.0 Å². The number of carbonyl (C=O) groups is 2. The molecule has 2 heterocycles. The molecule has 1 aliphatic heterocycles. The minimum atomic E-state index is -4.60. The van der Waals surface area contributed by atoms with Crippen LogP contribution < -0.4 is 20.9 Å². The third-order valence-electron chi connectivity index (χ3n) is 7.20. The lowest BCUT2D eigenvalue weighted by Gasteiger charge is -2.26. The number of urea groups is 1. The summed E-state index contributed by atoms with van der Waals surface area (Å²) in [5.74, 6) is -0.241. The molecule has 1 saturated heterocycles. The maximum Gasteiger partial charge on any atom is 0.416 e. The van der Waals surface area contributed by atoms with Gasteiger partial charge in [0.2, 0.25) is 10.0 Å². The normalized spacial score (nSPS) is 13.9. The zero-order valence-electron chi connectivity index (χ0n) is 25.2. The number of nitrogens with one attached hydrogen (secondary N) is 3. The Morgan fingerprint density at radius 1 is 0.915 bits per heavy atom. The molecule has 0 spiro atoms. The molecular weight excluding hydrogens is 639 g/mol. The zero-order valence-corrected chi connectivity index (χ0v) is 26.0. The van der Waals surface area contributed by atoms with E-state index in [-0.39, 0.29) is 35.1 Å². The van der Waals surface area contributed by atoms with Crippen LogP contribution in [0.15, 0.2) is 84.0 Å². The predicted octanol–water partition coefficient (Wildman–Crippen LogP) is 5.49. The van der Waals surface area contributed by atoms with E-state index in [4.69, 9.17) is 4.74 Å². The molecule has 12 nitrogen and oxygen atoms in total. The predicted molar refractivity (Wildman–Crippen MR) is 169 cm³/mol. The van der Waals surface area contributed by atoms with Gasteiger partial charge < -0.3 is 20.7 Å². The van der Waals surface area contributed by atoms with Gasteiger partial charge in [0, 0.05) is 48.8 Å². The highest BCUT2D eigenvalue weighted by Crippen LogP contribution is 2.30. The van der Waals surface area contributed by atoms with E-state index in [1.807, 2.05) is 0 Å². The van der Waals surface area contributed by atoms with Crippen molar-refractivity contribution in [3.63, 3.8) is 0 Å². The van der Waals surface area contributed by atoms with E-state index in [1.54, 1.807) is 31.2 Å². The van der Waals surface area contributed by atoms with Crippen LogP contribution in [0.2, 0.25) is 0 Å². The fourth-order valence-corrected chi connectivity index (χ4v) is 6.05. The number of benzene rings is 3. The van der Waals surface area contributed by atoms with Gasteiger partial charge in [-0.25, -0.2) is 23.2 Å². The molecule has 1 fully saturated rings. The third kappa shape index (κ3) is 8.03. The van der Waals surface area contributed by atoms with Crippen molar-refractivity contribution in [2.45, 2.75) is 18.0 Å². The number of rotatable bonds is 8. The second-order valence-corrected chi connectivity index (χ2v) is 12.4. The summed E-state index contributed by atoms with van der Waals surface area (Å²) in [4.78, 5) is 35.5. The quantitative estimate of drug-likeness (QED) is 0.223. The molecule has 0 atom stereocenters. The molecule has 0 unspecified atom stereocenters.